The summed E-state index contributed by atoms with van der Waals surface area (Å²) in [6.45, 7) is 2.24. The molecule has 0 saturated heterocycles. The second kappa shape index (κ2) is 6.59. The van der Waals surface area contributed by atoms with E-state index >= 15 is 0 Å². The Hall–Kier alpha value is -1.10. The Bertz CT molecular complexity index is 454. The molecule has 2 heterocycles. The van der Waals surface area contributed by atoms with Crippen LogP contribution in [-0.4, -0.2) is 25.7 Å². The quantitative estimate of drug-likeness (QED) is 0.465. The SMILES string of the molecule is CCCCCCCSc1ncnc2nc[nH]c12. The number of hydrogen-bond acceptors (Lipinski definition) is 4. The first-order valence-electron chi connectivity index (χ1n) is 6.18. The van der Waals surface area contributed by atoms with Gasteiger partial charge in [-0.1, -0.05) is 32.6 Å². The maximum atomic E-state index is 4.29. The van der Waals surface area contributed by atoms with Gasteiger partial charge in [0.15, 0.2) is 5.65 Å². The van der Waals surface area contributed by atoms with Gasteiger partial charge >= 0.3 is 0 Å². The van der Waals surface area contributed by atoms with E-state index in [1.54, 1.807) is 24.4 Å². The normalized spacial score (nSPS) is 11.1. The number of nitrogens with zero attached hydrogens (tertiary/aromatic N) is 3. The van der Waals surface area contributed by atoms with Gasteiger partial charge in [-0.3, -0.25) is 0 Å². The van der Waals surface area contributed by atoms with Crippen LogP contribution < -0.4 is 0 Å². The molecular weight excluding hydrogens is 232 g/mol. The topological polar surface area (TPSA) is 54.5 Å². The third kappa shape index (κ3) is 3.43. The third-order valence-corrected chi connectivity index (χ3v) is 3.75. The molecule has 1 N–H and O–H groups in total. The van der Waals surface area contributed by atoms with Crippen LogP contribution in [0.25, 0.3) is 11.2 Å². The average molecular weight is 250 g/mol. The van der Waals surface area contributed by atoms with Crippen LogP contribution >= 0.6 is 11.8 Å². The van der Waals surface area contributed by atoms with Crippen molar-refractivity contribution >= 4 is 22.9 Å². The van der Waals surface area contributed by atoms with E-state index in [0.29, 0.717) is 0 Å². The highest BCUT2D eigenvalue weighted by Gasteiger charge is 2.05. The van der Waals surface area contributed by atoms with Crippen LogP contribution in [0.15, 0.2) is 17.7 Å². The van der Waals surface area contributed by atoms with E-state index in [9.17, 15) is 0 Å². The minimum atomic E-state index is 0.758. The number of H-pyrrole nitrogens is 1. The highest BCUT2D eigenvalue weighted by Crippen LogP contribution is 2.22. The van der Waals surface area contributed by atoms with Crippen molar-refractivity contribution in [3.05, 3.63) is 12.7 Å². The third-order valence-electron chi connectivity index (χ3n) is 2.67. The first-order chi connectivity index (χ1) is 8.42. The van der Waals surface area contributed by atoms with Gasteiger partial charge in [-0.25, -0.2) is 15.0 Å². The fourth-order valence-corrected chi connectivity index (χ4v) is 2.68. The molecule has 0 aliphatic carbocycles. The number of aromatic amines is 1. The summed E-state index contributed by atoms with van der Waals surface area (Å²) >= 11 is 1.79. The zero-order valence-corrected chi connectivity index (χ0v) is 11.0. The lowest BCUT2D eigenvalue weighted by atomic mass is 10.2. The highest BCUT2D eigenvalue weighted by atomic mass is 32.2. The molecule has 4 nitrogen and oxygen atoms in total. The highest BCUT2D eigenvalue weighted by molar-refractivity contribution is 7.99. The molecular formula is C12H18N4S. The summed E-state index contributed by atoms with van der Waals surface area (Å²) in [5.41, 5.74) is 1.72. The van der Waals surface area contributed by atoms with E-state index in [0.717, 1.165) is 21.9 Å². The lowest BCUT2D eigenvalue weighted by Gasteiger charge is -2.01. The minimum Gasteiger partial charge on any atom is -0.341 e. The second-order valence-electron chi connectivity index (χ2n) is 4.04. The van der Waals surface area contributed by atoms with Gasteiger partial charge in [0.1, 0.15) is 16.9 Å². The molecule has 0 unspecified atom stereocenters. The van der Waals surface area contributed by atoms with Crippen molar-refractivity contribution in [2.75, 3.05) is 5.75 Å². The molecule has 92 valence electrons. The van der Waals surface area contributed by atoms with Crippen molar-refractivity contribution in [2.24, 2.45) is 0 Å². The average Bonchev–Trinajstić information content (AvgIpc) is 2.82. The number of rotatable bonds is 7. The molecule has 0 bridgehead atoms. The predicted octanol–water partition coefficient (Wildman–Crippen LogP) is 3.42. The van der Waals surface area contributed by atoms with Crippen LogP contribution in [-0.2, 0) is 0 Å². The van der Waals surface area contributed by atoms with Gasteiger partial charge in [-0.15, -0.1) is 11.8 Å². The smallest absolute Gasteiger partial charge is 0.181 e. The van der Waals surface area contributed by atoms with E-state index in [2.05, 4.69) is 26.9 Å². The van der Waals surface area contributed by atoms with Crippen molar-refractivity contribution in [1.29, 1.82) is 0 Å². The van der Waals surface area contributed by atoms with Crippen LogP contribution in [0.4, 0.5) is 0 Å². The van der Waals surface area contributed by atoms with Crippen molar-refractivity contribution < 1.29 is 0 Å². The summed E-state index contributed by atoms with van der Waals surface area (Å²) in [4.78, 5) is 15.6. The van der Waals surface area contributed by atoms with Crippen LogP contribution in [0.5, 0.6) is 0 Å². The second-order valence-corrected chi connectivity index (χ2v) is 5.13. The van der Waals surface area contributed by atoms with Gasteiger partial charge in [-0.05, 0) is 12.2 Å². The fraction of sp³-hybridized carbons (Fsp3) is 0.583. The van der Waals surface area contributed by atoms with Gasteiger partial charge < -0.3 is 4.98 Å². The van der Waals surface area contributed by atoms with Gasteiger partial charge in [0.05, 0.1) is 6.33 Å². The van der Waals surface area contributed by atoms with E-state index in [1.165, 1.54) is 32.1 Å². The predicted molar refractivity (Wildman–Crippen MR) is 71.2 cm³/mol. The Balaban J connectivity index is 1.80. The van der Waals surface area contributed by atoms with Gasteiger partial charge in [0.2, 0.25) is 0 Å². The monoisotopic (exact) mass is 250 g/mol. The van der Waals surface area contributed by atoms with Crippen molar-refractivity contribution in [1.82, 2.24) is 19.9 Å². The molecule has 17 heavy (non-hydrogen) atoms. The molecule has 0 aliphatic heterocycles. The largest absolute Gasteiger partial charge is 0.341 e. The first-order valence-corrected chi connectivity index (χ1v) is 7.17. The lowest BCUT2D eigenvalue weighted by Crippen LogP contribution is -1.88. The van der Waals surface area contributed by atoms with E-state index in [4.69, 9.17) is 0 Å². The Morgan fingerprint density at radius 2 is 2.00 bits per heavy atom. The van der Waals surface area contributed by atoms with Crippen molar-refractivity contribution in [3.8, 4) is 0 Å². The van der Waals surface area contributed by atoms with Crippen LogP contribution in [0.1, 0.15) is 39.0 Å². The number of hydrogen-bond donors (Lipinski definition) is 1. The zero-order chi connectivity index (χ0) is 11.9. The van der Waals surface area contributed by atoms with Crippen LogP contribution in [0.3, 0.4) is 0 Å². The van der Waals surface area contributed by atoms with Gasteiger partial charge in [0, 0.05) is 0 Å². The summed E-state index contributed by atoms with van der Waals surface area (Å²) in [7, 11) is 0. The summed E-state index contributed by atoms with van der Waals surface area (Å²) in [6.07, 6.45) is 9.83. The molecule has 0 saturated carbocycles. The Morgan fingerprint density at radius 3 is 2.88 bits per heavy atom. The van der Waals surface area contributed by atoms with Crippen molar-refractivity contribution in [3.63, 3.8) is 0 Å². The van der Waals surface area contributed by atoms with E-state index < -0.39 is 0 Å². The summed E-state index contributed by atoms with van der Waals surface area (Å²) in [5.74, 6) is 1.12. The number of thioether (sulfide) groups is 1. The molecule has 2 aromatic heterocycles. The first kappa shape index (κ1) is 12.4. The Labute approximate surface area is 106 Å². The van der Waals surface area contributed by atoms with Crippen LogP contribution in [0, 0.1) is 0 Å². The molecule has 0 aliphatic rings. The molecule has 0 spiro atoms. The van der Waals surface area contributed by atoms with Gasteiger partial charge in [0.25, 0.3) is 0 Å². The molecule has 5 heteroatoms. The number of fused-ring (bicyclic) bond motifs is 1. The molecule has 2 rings (SSSR count). The molecule has 2 aromatic rings. The fourth-order valence-electron chi connectivity index (χ4n) is 1.73. The maximum Gasteiger partial charge on any atom is 0.181 e. The van der Waals surface area contributed by atoms with Crippen molar-refractivity contribution in [2.45, 2.75) is 44.1 Å². The number of aromatic nitrogens is 4. The summed E-state index contributed by atoms with van der Waals surface area (Å²) < 4.78 is 0. The lowest BCUT2D eigenvalue weighted by molar-refractivity contribution is 0.659. The zero-order valence-electron chi connectivity index (χ0n) is 10.1. The molecule has 0 radical (unpaired) electrons. The molecule has 0 atom stereocenters. The minimum absolute atomic E-state index is 0.758. The summed E-state index contributed by atoms with van der Waals surface area (Å²) in [6, 6.07) is 0. The number of unbranched alkanes of at least 4 members (excludes halogenated alkanes) is 4. The standard InChI is InChI=1S/C12H18N4S/c1-2-3-4-5-6-7-17-12-10-11(14-8-13-10)15-9-16-12/h8-9H,2-7H2,1H3,(H,13,14,15,16). The maximum absolute atomic E-state index is 4.29. The molecule has 0 amide bonds. The molecule has 0 fully saturated rings. The molecule has 0 aromatic carbocycles. The summed E-state index contributed by atoms with van der Waals surface area (Å²) in [5, 5.41) is 1.02. The van der Waals surface area contributed by atoms with Crippen LogP contribution in [0.2, 0.25) is 0 Å². The van der Waals surface area contributed by atoms with Gasteiger partial charge in [-0.2, -0.15) is 0 Å². The Kier molecular flexibility index (Phi) is 4.79. The van der Waals surface area contributed by atoms with E-state index in [1.807, 2.05) is 0 Å². The van der Waals surface area contributed by atoms with E-state index in [-0.39, 0.29) is 0 Å². The Morgan fingerprint density at radius 1 is 1.12 bits per heavy atom. The number of imidazole rings is 1. The number of nitrogens with one attached hydrogen (secondary N) is 1.